The number of rotatable bonds is 6. The molecule has 2 aromatic carbocycles. The quantitative estimate of drug-likeness (QED) is 0.380. The van der Waals surface area contributed by atoms with Gasteiger partial charge in [-0.15, -0.1) is 11.3 Å². The van der Waals surface area contributed by atoms with Gasteiger partial charge in [0.05, 0.1) is 11.2 Å². The third-order valence-electron chi connectivity index (χ3n) is 5.62. The van der Waals surface area contributed by atoms with Crippen LogP contribution in [0.15, 0.2) is 59.7 Å². The Hall–Kier alpha value is -2.74. The highest BCUT2D eigenvalue weighted by atomic mass is 35.5. The van der Waals surface area contributed by atoms with Crippen LogP contribution in [0.4, 0.5) is 4.39 Å². The summed E-state index contributed by atoms with van der Waals surface area (Å²) < 4.78 is 22.2. The van der Waals surface area contributed by atoms with Crippen LogP contribution in [0, 0.1) is 5.82 Å². The zero-order valence-corrected chi connectivity index (χ0v) is 18.8. The summed E-state index contributed by atoms with van der Waals surface area (Å²) in [4.78, 5) is 20.7. The minimum Gasteiger partial charge on any atom is -0.489 e. The summed E-state index contributed by atoms with van der Waals surface area (Å²) >= 11 is 7.33. The first-order valence-electron chi connectivity index (χ1n) is 10.5. The average Bonchev–Trinajstić information content (AvgIpc) is 3.46. The maximum atomic E-state index is 14.7. The van der Waals surface area contributed by atoms with E-state index in [0.29, 0.717) is 27.5 Å². The Morgan fingerprint density at radius 2 is 1.88 bits per heavy atom. The van der Waals surface area contributed by atoms with Crippen molar-refractivity contribution in [1.29, 1.82) is 0 Å². The molecule has 0 aliphatic carbocycles. The molecule has 8 heteroatoms. The Labute approximate surface area is 193 Å². The Balaban J connectivity index is 1.39. The highest BCUT2D eigenvalue weighted by Crippen LogP contribution is 2.31. The molecule has 0 saturated carbocycles. The van der Waals surface area contributed by atoms with Crippen molar-refractivity contribution >= 4 is 33.2 Å². The number of nitrogens with zero attached hydrogens (tertiary/aromatic N) is 3. The van der Waals surface area contributed by atoms with Crippen LogP contribution in [-0.2, 0) is 0 Å². The minimum atomic E-state index is -0.496. The topological polar surface area (TPSA) is 47.4 Å². The first kappa shape index (κ1) is 21.1. The van der Waals surface area contributed by atoms with E-state index in [2.05, 4.69) is 9.88 Å². The van der Waals surface area contributed by atoms with Crippen molar-refractivity contribution in [2.75, 3.05) is 26.2 Å². The number of ether oxygens (including phenoxy) is 1. The fourth-order valence-corrected chi connectivity index (χ4v) is 5.07. The molecule has 5 nitrogen and oxygen atoms in total. The maximum absolute atomic E-state index is 14.7. The Morgan fingerprint density at radius 1 is 1.09 bits per heavy atom. The van der Waals surface area contributed by atoms with Crippen molar-refractivity contribution in [2.45, 2.75) is 12.8 Å². The van der Waals surface area contributed by atoms with Crippen LogP contribution < -0.4 is 10.3 Å². The monoisotopic (exact) mass is 469 g/mol. The SMILES string of the molecule is O=c1c2sc(-c3ccc(Cl)cc3)cc2ncn1-c1ccc(OCCN2CCCC2)c(F)c1. The second-order valence-electron chi connectivity index (χ2n) is 7.76. The van der Waals surface area contributed by atoms with E-state index in [1.807, 2.05) is 30.3 Å². The van der Waals surface area contributed by atoms with Crippen LogP contribution in [-0.4, -0.2) is 40.7 Å². The maximum Gasteiger partial charge on any atom is 0.275 e. The van der Waals surface area contributed by atoms with Crippen LogP contribution in [0.2, 0.25) is 5.02 Å². The molecule has 3 heterocycles. The molecule has 5 rings (SSSR count). The van der Waals surface area contributed by atoms with Crippen LogP contribution in [0.5, 0.6) is 5.75 Å². The molecule has 2 aromatic heterocycles. The Morgan fingerprint density at radius 3 is 2.62 bits per heavy atom. The second-order valence-corrected chi connectivity index (χ2v) is 9.25. The number of benzene rings is 2. The summed E-state index contributed by atoms with van der Waals surface area (Å²) in [7, 11) is 0. The van der Waals surface area contributed by atoms with Gasteiger partial charge in [0.1, 0.15) is 17.6 Å². The highest BCUT2D eigenvalue weighted by molar-refractivity contribution is 7.22. The second kappa shape index (κ2) is 9.02. The molecule has 164 valence electrons. The van der Waals surface area contributed by atoms with Gasteiger partial charge in [-0.25, -0.2) is 9.37 Å². The van der Waals surface area contributed by atoms with Crippen LogP contribution in [0.25, 0.3) is 26.3 Å². The standard InChI is InChI=1S/C24H21ClFN3O2S/c25-17-5-3-16(4-6-17)22-14-20-23(32-22)24(30)29(15-27-20)18-7-8-21(19(26)13-18)31-12-11-28-9-1-2-10-28/h3-8,13-15H,1-2,9-12H2. The lowest BCUT2D eigenvalue weighted by Crippen LogP contribution is -2.25. The number of aromatic nitrogens is 2. The number of hydrogen-bond acceptors (Lipinski definition) is 5. The molecular weight excluding hydrogens is 449 g/mol. The molecule has 0 bridgehead atoms. The minimum absolute atomic E-state index is 0.191. The van der Waals surface area contributed by atoms with Gasteiger partial charge < -0.3 is 4.74 Å². The summed E-state index contributed by atoms with van der Waals surface area (Å²) in [6.45, 7) is 3.37. The van der Waals surface area contributed by atoms with E-state index in [4.69, 9.17) is 16.3 Å². The largest absolute Gasteiger partial charge is 0.489 e. The predicted molar refractivity (Wildman–Crippen MR) is 127 cm³/mol. The fourth-order valence-electron chi connectivity index (χ4n) is 3.90. The van der Waals surface area contributed by atoms with Gasteiger partial charge in [-0.1, -0.05) is 23.7 Å². The van der Waals surface area contributed by atoms with Crippen LogP contribution in [0.3, 0.4) is 0 Å². The molecule has 32 heavy (non-hydrogen) atoms. The lowest BCUT2D eigenvalue weighted by Gasteiger charge is -2.15. The van der Waals surface area contributed by atoms with E-state index < -0.39 is 5.82 Å². The first-order valence-corrected chi connectivity index (χ1v) is 11.7. The number of hydrogen-bond donors (Lipinski definition) is 0. The van der Waals surface area contributed by atoms with Crippen molar-refractivity contribution < 1.29 is 9.13 Å². The van der Waals surface area contributed by atoms with E-state index in [-0.39, 0.29) is 11.3 Å². The molecule has 0 spiro atoms. The Kier molecular flexibility index (Phi) is 5.95. The molecule has 1 fully saturated rings. The van der Waals surface area contributed by atoms with Gasteiger partial charge >= 0.3 is 0 Å². The molecule has 0 amide bonds. The fraction of sp³-hybridized carbons (Fsp3) is 0.250. The summed E-state index contributed by atoms with van der Waals surface area (Å²) in [5, 5.41) is 0.654. The molecule has 1 aliphatic heterocycles. The van der Waals surface area contributed by atoms with Crippen molar-refractivity contribution in [2.24, 2.45) is 0 Å². The molecular formula is C24H21ClFN3O2S. The lowest BCUT2D eigenvalue weighted by atomic mass is 10.2. The summed E-state index contributed by atoms with van der Waals surface area (Å²) in [6, 6.07) is 13.9. The predicted octanol–water partition coefficient (Wildman–Crippen LogP) is 5.38. The van der Waals surface area contributed by atoms with Gasteiger partial charge in [0, 0.05) is 22.5 Å². The van der Waals surface area contributed by atoms with E-state index in [1.54, 1.807) is 12.1 Å². The normalized spacial score (nSPS) is 14.3. The number of thiophene rings is 1. The summed E-state index contributed by atoms with van der Waals surface area (Å²) in [5.74, 6) is -0.305. The smallest absolute Gasteiger partial charge is 0.275 e. The van der Waals surface area contributed by atoms with Crippen molar-refractivity contribution in [3.05, 3.63) is 76.1 Å². The summed E-state index contributed by atoms with van der Waals surface area (Å²) in [5.41, 5.74) is 1.76. The average molecular weight is 470 g/mol. The van der Waals surface area contributed by atoms with Crippen molar-refractivity contribution in [1.82, 2.24) is 14.5 Å². The molecule has 0 N–H and O–H groups in total. The van der Waals surface area contributed by atoms with Gasteiger partial charge in [0.2, 0.25) is 0 Å². The zero-order chi connectivity index (χ0) is 22.1. The lowest BCUT2D eigenvalue weighted by molar-refractivity contribution is 0.231. The van der Waals surface area contributed by atoms with Gasteiger partial charge in [0.25, 0.3) is 5.56 Å². The molecule has 0 radical (unpaired) electrons. The summed E-state index contributed by atoms with van der Waals surface area (Å²) in [6.07, 6.45) is 3.86. The molecule has 1 saturated heterocycles. The van der Waals surface area contributed by atoms with Gasteiger partial charge in [-0.05, 0) is 61.8 Å². The van der Waals surface area contributed by atoms with Gasteiger partial charge in [0.15, 0.2) is 11.6 Å². The van der Waals surface area contributed by atoms with E-state index in [9.17, 15) is 9.18 Å². The van der Waals surface area contributed by atoms with Gasteiger partial charge in [-0.3, -0.25) is 14.3 Å². The van der Waals surface area contributed by atoms with Crippen molar-refractivity contribution in [3.63, 3.8) is 0 Å². The molecule has 4 aromatic rings. The van der Waals surface area contributed by atoms with Crippen LogP contribution in [0.1, 0.15) is 12.8 Å². The van der Waals surface area contributed by atoms with E-state index in [0.717, 1.165) is 30.1 Å². The highest BCUT2D eigenvalue weighted by Gasteiger charge is 2.14. The molecule has 0 unspecified atom stereocenters. The number of fused-ring (bicyclic) bond motifs is 1. The van der Waals surface area contributed by atoms with E-state index in [1.165, 1.54) is 41.1 Å². The number of halogens is 2. The first-order chi connectivity index (χ1) is 15.6. The third-order valence-corrected chi connectivity index (χ3v) is 7.04. The Bertz CT molecular complexity index is 1310. The third kappa shape index (κ3) is 4.28. The van der Waals surface area contributed by atoms with Crippen LogP contribution >= 0.6 is 22.9 Å². The zero-order valence-electron chi connectivity index (χ0n) is 17.3. The van der Waals surface area contributed by atoms with E-state index >= 15 is 0 Å². The van der Waals surface area contributed by atoms with Crippen molar-refractivity contribution in [3.8, 4) is 21.9 Å². The molecule has 0 atom stereocenters. The number of likely N-dealkylation sites (tertiary alicyclic amines) is 1. The molecule has 1 aliphatic rings. The van der Waals surface area contributed by atoms with Gasteiger partial charge in [-0.2, -0.15) is 0 Å².